The maximum absolute atomic E-state index is 13.1. The lowest BCUT2D eigenvalue weighted by molar-refractivity contribution is -0.138. The molecule has 0 bridgehead atoms. The summed E-state index contributed by atoms with van der Waals surface area (Å²) in [6.07, 6.45) is 0.667. The van der Waals surface area contributed by atoms with Gasteiger partial charge in [-0.05, 0) is 24.6 Å². The monoisotopic (exact) mass is 313 g/mol. The summed E-state index contributed by atoms with van der Waals surface area (Å²) in [5.74, 6) is 2.89. The van der Waals surface area contributed by atoms with E-state index >= 15 is 0 Å². The minimum absolute atomic E-state index is 0.0613. The van der Waals surface area contributed by atoms with Crippen molar-refractivity contribution >= 4 is 5.96 Å². The van der Waals surface area contributed by atoms with Gasteiger partial charge in [0.1, 0.15) is 5.75 Å². The molecule has 0 fully saturated rings. The molecule has 7 heteroatoms. The van der Waals surface area contributed by atoms with Gasteiger partial charge in [-0.1, -0.05) is 12.0 Å². The average Bonchev–Trinajstić information content (AvgIpc) is 2.49. The Kier molecular flexibility index (Phi) is 6.57. The Labute approximate surface area is 127 Å². The first-order chi connectivity index (χ1) is 10.4. The van der Waals surface area contributed by atoms with E-state index < -0.39 is 11.7 Å². The summed E-state index contributed by atoms with van der Waals surface area (Å²) in [5, 5.41) is 5.72. The Hall–Kier alpha value is -2.36. The fourth-order valence-electron chi connectivity index (χ4n) is 1.73. The predicted octanol–water partition coefficient (Wildman–Crippen LogP) is 2.40. The number of nitrogens with one attached hydrogen (secondary N) is 2. The third kappa shape index (κ3) is 5.20. The molecule has 0 amide bonds. The van der Waals surface area contributed by atoms with Crippen LogP contribution >= 0.6 is 0 Å². The lowest BCUT2D eigenvalue weighted by atomic mass is 10.1. The van der Waals surface area contributed by atoms with Crippen molar-refractivity contribution in [2.75, 3.05) is 20.2 Å². The van der Waals surface area contributed by atoms with Gasteiger partial charge in [-0.3, -0.25) is 0 Å². The second-order valence-corrected chi connectivity index (χ2v) is 4.27. The van der Waals surface area contributed by atoms with Crippen LogP contribution in [0.1, 0.15) is 18.1 Å². The fraction of sp³-hybridized carbons (Fsp3) is 0.400. The van der Waals surface area contributed by atoms with Crippen molar-refractivity contribution < 1.29 is 17.9 Å². The molecule has 0 heterocycles. The predicted molar refractivity (Wildman–Crippen MR) is 79.6 cm³/mol. The Morgan fingerprint density at radius 1 is 1.36 bits per heavy atom. The van der Waals surface area contributed by atoms with Crippen molar-refractivity contribution in [2.24, 2.45) is 4.99 Å². The summed E-state index contributed by atoms with van der Waals surface area (Å²) in [6, 6.07) is 3.80. The van der Waals surface area contributed by atoms with E-state index in [1.807, 2.05) is 6.92 Å². The maximum atomic E-state index is 13.1. The molecule has 4 nitrogen and oxygen atoms in total. The van der Waals surface area contributed by atoms with Crippen molar-refractivity contribution in [3.8, 4) is 18.1 Å². The molecule has 0 aliphatic heterocycles. The summed E-state index contributed by atoms with van der Waals surface area (Å²) < 4.78 is 44.1. The molecule has 0 atom stereocenters. The first-order valence-corrected chi connectivity index (χ1v) is 6.62. The Morgan fingerprint density at radius 2 is 2.09 bits per heavy atom. The lowest BCUT2D eigenvalue weighted by Gasteiger charge is -2.14. The van der Waals surface area contributed by atoms with Crippen LogP contribution in [-0.2, 0) is 12.7 Å². The van der Waals surface area contributed by atoms with Crippen LogP contribution in [0, 0.1) is 12.3 Å². The molecular weight excluding hydrogens is 295 g/mol. The van der Waals surface area contributed by atoms with Gasteiger partial charge >= 0.3 is 6.18 Å². The topological polar surface area (TPSA) is 45.7 Å². The van der Waals surface area contributed by atoms with Crippen molar-refractivity contribution in [1.29, 1.82) is 0 Å². The van der Waals surface area contributed by atoms with Crippen LogP contribution in [0.5, 0.6) is 5.75 Å². The molecule has 0 unspecified atom stereocenters. The highest BCUT2D eigenvalue weighted by Gasteiger charge is 2.33. The zero-order valence-electron chi connectivity index (χ0n) is 12.4. The SMILES string of the molecule is C#CCNC(=NCc1ccc(OC)cc1C(F)(F)F)NCC. The molecule has 120 valence electrons. The Bertz CT molecular complexity index is 562. The first kappa shape index (κ1) is 17.7. The van der Waals surface area contributed by atoms with Gasteiger partial charge in [0.2, 0.25) is 0 Å². The molecule has 2 N–H and O–H groups in total. The quantitative estimate of drug-likeness (QED) is 0.498. The molecule has 0 aliphatic carbocycles. The highest BCUT2D eigenvalue weighted by atomic mass is 19.4. The molecule has 1 aromatic rings. The molecule has 0 aromatic heterocycles. The van der Waals surface area contributed by atoms with Gasteiger partial charge in [0.05, 0.1) is 25.8 Å². The molecule has 0 spiro atoms. The molecular formula is C15H18F3N3O. The van der Waals surface area contributed by atoms with Crippen molar-refractivity contribution in [3.63, 3.8) is 0 Å². The van der Waals surface area contributed by atoms with Gasteiger partial charge in [0, 0.05) is 6.54 Å². The summed E-state index contributed by atoms with van der Waals surface area (Å²) in [5.41, 5.74) is -0.699. The number of rotatable bonds is 5. The molecule has 0 radical (unpaired) electrons. The Morgan fingerprint density at radius 3 is 2.64 bits per heavy atom. The van der Waals surface area contributed by atoms with E-state index in [4.69, 9.17) is 11.2 Å². The van der Waals surface area contributed by atoms with Crippen LogP contribution in [0.3, 0.4) is 0 Å². The van der Waals surface area contributed by atoms with Crippen LogP contribution < -0.4 is 15.4 Å². The summed E-state index contributed by atoms with van der Waals surface area (Å²) in [6.45, 7) is 2.53. The number of benzene rings is 1. The standard InChI is InChI=1S/C15H18F3N3O/c1-4-8-20-14(19-5-2)21-10-11-6-7-12(22-3)9-13(11)15(16,17)18/h1,6-7,9H,5,8,10H2,2-3H3,(H2,19,20,21). The number of nitrogens with zero attached hydrogens (tertiary/aromatic N) is 1. The molecule has 1 rings (SSSR count). The summed E-state index contributed by atoms with van der Waals surface area (Å²) in [7, 11) is 1.32. The minimum Gasteiger partial charge on any atom is -0.497 e. The molecule has 0 aliphatic rings. The highest BCUT2D eigenvalue weighted by Crippen LogP contribution is 2.34. The zero-order chi connectivity index (χ0) is 16.6. The summed E-state index contributed by atoms with van der Waals surface area (Å²) in [4.78, 5) is 4.11. The first-order valence-electron chi connectivity index (χ1n) is 6.62. The molecule has 0 saturated carbocycles. The van der Waals surface area contributed by atoms with Crippen molar-refractivity contribution in [3.05, 3.63) is 29.3 Å². The Balaban J connectivity index is 3.03. The number of hydrogen-bond acceptors (Lipinski definition) is 2. The van der Waals surface area contributed by atoms with Gasteiger partial charge in [-0.25, -0.2) is 4.99 Å². The van der Waals surface area contributed by atoms with Crippen molar-refractivity contribution in [2.45, 2.75) is 19.6 Å². The largest absolute Gasteiger partial charge is 0.497 e. The van der Waals surface area contributed by atoms with Crippen LogP contribution in [0.15, 0.2) is 23.2 Å². The zero-order valence-corrected chi connectivity index (χ0v) is 12.4. The maximum Gasteiger partial charge on any atom is 0.416 e. The van der Waals surface area contributed by atoms with Crippen LogP contribution in [0.4, 0.5) is 13.2 Å². The van der Waals surface area contributed by atoms with Gasteiger partial charge in [-0.2, -0.15) is 13.2 Å². The van der Waals surface area contributed by atoms with Gasteiger partial charge in [0.15, 0.2) is 5.96 Å². The third-order valence-electron chi connectivity index (χ3n) is 2.73. The number of aliphatic imine (C=N–C) groups is 1. The number of methoxy groups -OCH3 is 1. The number of hydrogen-bond donors (Lipinski definition) is 2. The number of ether oxygens (including phenoxy) is 1. The van der Waals surface area contributed by atoms with E-state index in [1.165, 1.54) is 19.2 Å². The van der Waals surface area contributed by atoms with Crippen LogP contribution in [0.25, 0.3) is 0 Å². The van der Waals surface area contributed by atoms with E-state index in [1.54, 1.807) is 0 Å². The molecule has 22 heavy (non-hydrogen) atoms. The van der Waals surface area contributed by atoms with Gasteiger partial charge < -0.3 is 15.4 Å². The van der Waals surface area contributed by atoms with E-state index in [-0.39, 0.29) is 24.4 Å². The number of alkyl halides is 3. The van der Waals surface area contributed by atoms with Crippen molar-refractivity contribution in [1.82, 2.24) is 10.6 Å². The van der Waals surface area contributed by atoms with Gasteiger partial charge in [-0.15, -0.1) is 6.42 Å². The second kappa shape index (κ2) is 8.17. The van der Waals surface area contributed by atoms with E-state index in [2.05, 4.69) is 21.5 Å². The van der Waals surface area contributed by atoms with Gasteiger partial charge in [0.25, 0.3) is 0 Å². The number of halogens is 3. The van der Waals surface area contributed by atoms with Crippen LogP contribution in [-0.4, -0.2) is 26.2 Å². The fourth-order valence-corrected chi connectivity index (χ4v) is 1.73. The number of guanidine groups is 1. The summed E-state index contributed by atoms with van der Waals surface area (Å²) >= 11 is 0. The molecule has 0 saturated heterocycles. The van der Waals surface area contributed by atoms with Crippen LogP contribution in [0.2, 0.25) is 0 Å². The normalized spacial score (nSPS) is 11.7. The van der Waals surface area contributed by atoms with E-state index in [0.717, 1.165) is 6.07 Å². The third-order valence-corrected chi connectivity index (χ3v) is 2.73. The average molecular weight is 313 g/mol. The van der Waals surface area contributed by atoms with E-state index in [0.29, 0.717) is 12.5 Å². The number of terminal acetylenes is 1. The molecule has 1 aromatic carbocycles. The smallest absolute Gasteiger partial charge is 0.416 e. The van der Waals surface area contributed by atoms with E-state index in [9.17, 15) is 13.2 Å². The highest BCUT2D eigenvalue weighted by molar-refractivity contribution is 5.80. The minimum atomic E-state index is -4.47. The lowest BCUT2D eigenvalue weighted by Crippen LogP contribution is -2.37. The second-order valence-electron chi connectivity index (χ2n) is 4.27.